The molecular formula is C8H16N4O3. The quantitative estimate of drug-likeness (QED) is 0.205. The van der Waals surface area contributed by atoms with Crippen LogP contribution in [0.5, 0.6) is 0 Å². The molecule has 4 N–H and O–H groups in total. The number of hydrogen-bond donors (Lipinski definition) is 4. The first-order valence-electron chi connectivity index (χ1n) is 4.61. The summed E-state index contributed by atoms with van der Waals surface area (Å²) in [6.07, 6.45) is 0.446. The molecular weight excluding hydrogens is 200 g/mol. The summed E-state index contributed by atoms with van der Waals surface area (Å²) < 4.78 is 0. The third kappa shape index (κ3) is 8.69. The molecule has 0 rings (SSSR count). The smallest absolute Gasteiger partial charge is 0.240 e. The summed E-state index contributed by atoms with van der Waals surface area (Å²) >= 11 is 0. The van der Waals surface area contributed by atoms with Gasteiger partial charge in [-0.2, -0.15) is 0 Å². The predicted molar refractivity (Wildman–Crippen MR) is 53.8 cm³/mol. The van der Waals surface area contributed by atoms with E-state index in [2.05, 4.69) is 21.3 Å². The molecule has 0 saturated carbocycles. The van der Waals surface area contributed by atoms with Crippen molar-refractivity contribution in [1.29, 1.82) is 0 Å². The second kappa shape index (κ2) is 8.95. The van der Waals surface area contributed by atoms with Crippen LogP contribution in [0.25, 0.3) is 0 Å². The van der Waals surface area contributed by atoms with Crippen LogP contribution in [0, 0.1) is 0 Å². The molecule has 0 aliphatic heterocycles. The summed E-state index contributed by atoms with van der Waals surface area (Å²) in [7, 11) is 0. The maximum Gasteiger partial charge on any atom is 0.240 e. The molecule has 0 aromatic rings. The van der Waals surface area contributed by atoms with Gasteiger partial charge in [-0.05, 0) is 6.92 Å². The van der Waals surface area contributed by atoms with Crippen molar-refractivity contribution < 1.29 is 14.4 Å². The highest BCUT2D eigenvalue weighted by Gasteiger charge is 2.00. The van der Waals surface area contributed by atoms with Crippen LogP contribution >= 0.6 is 0 Å². The number of amides is 3. The zero-order valence-electron chi connectivity index (χ0n) is 8.63. The zero-order chi connectivity index (χ0) is 11.5. The lowest BCUT2D eigenvalue weighted by atomic mass is 10.5. The average Bonchev–Trinajstić information content (AvgIpc) is 2.22. The second-order valence-electron chi connectivity index (χ2n) is 2.66. The first kappa shape index (κ1) is 13.4. The molecule has 7 nitrogen and oxygen atoms in total. The highest BCUT2D eigenvalue weighted by molar-refractivity contribution is 5.80. The third-order valence-corrected chi connectivity index (χ3v) is 1.42. The van der Waals surface area contributed by atoms with Gasteiger partial charge in [-0.3, -0.25) is 19.7 Å². The fourth-order valence-electron chi connectivity index (χ4n) is 0.794. The van der Waals surface area contributed by atoms with Crippen molar-refractivity contribution in [2.45, 2.75) is 6.92 Å². The van der Waals surface area contributed by atoms with Crippen LogP contribution in [0.15, 0.2) is 0 Å². The average molecular weight is 216 g/mol. The lowest BCUT2D eigenvalue weighted by Gasteiger charge is -2.06. The lowest BCUT2D eigenvalue weighted by molar-refractivity contribution is -0.123. The largest absolute Gasteiger partial charge is 0.355 e. The highest BCUT2D eigenvalue weighted by Crippen LogP contribution is 1.64. The first-order chi connectivity index (χ1) is 7.20. The van der Waals surface area contributed by atoms with Crippen molar-refractivity contribution in [1.82, 2.24) is 21.3 Å². The Hall–Kier alpha value is -1.63. The van der Waals surface area contributed by atoms with Crippen molar-refractivity contribution in [3.8, 4) is 0 Å². The summed E-state index contributed by atoms with van der Waals surface area (Å²) in [4.78, 5) is 31.7. The number of carbonyl (C=O) groups excluding carboxylic acids is 3. The van der Waals surface area contributed by atoms with Crippen LogP contribution in [0.2, 0.25) is 0 Å². The van der Waals surface area contributed by atoms with E-state index in [1.807, 2.05) is 6.92 Å². The van der Waals surface area contributed by atoms with E-state index in [1.54, 1.807) is 0 Å². The Morgan fingerprint density at radius 1 is 1.13 bits per heavy atom. The van der Waals surface area contributed by atoms with Crippen LogP contribution in [-0.2, 0) is 14.4 Å². The van der Waals surface area contributed by atoms with E-state index >= 15 is 0 Å². The highest BCUT2D eigenvalue weighted by atomic mass is 16.2. The molecule has 86 valence electrons. The Morgan fingerprint density at radius 3 is 2.40 bits per heavy atom. The monoisotopic (exact) mass is 216 g/mol. The molecule has 0 spiro atoms. The van der Waals surface area contributed by atoms with Gasteiger partial charge in [0.05, 0.1) is 19.8 Å². The molecule has 0 heterocycles. The molecule has 0 unspecified atom stereocenters. The van der Waals surface area contributed by atoms with Crippen molar-refractivity contribution in [2.24, 2.45) is 0 Å². The van der Waals surface area contributed by atoms with Gasteiger partial charge < -0.3 is 16.0 Å². The molecule has 0 aromatic carbocycles. The van der Waals surface area contributed by atoms with Gasteiger partial charge in [0.25, 0.3) is 0 Å². The normalized spacial score (nSPS) is 9.13. The molecule has 3 amide bonds. The SMILES string of the molecule is CCNC(=O)CNCNC(=O)CNC=O. The zero-order valence-corrected chi connectivity index (χ0v) is 8.63. The molecule has 0 bridgehead atoms. The summed E-state index contributed by atoms with van der Waals surface area (Å²) in [5.74, 6) is -0.441. The Balaban J connectivity index is 3.33. The minimum Gasteiger partial charge on any atom is -0.355 e. The van der Waals surface area contributed by atoms with E-state index < -0.39 is 0 Å². The van der Waals surface area contributed by atoms with Gasteiger partial charge in [-0.15, -0.1) is 0 Å². The van der Waals surface area contributed by atoms with E-state index in [4.69, 9.17) is 0 Å². The number of rotatable bonds is 8. The van der Waals surface area contributed by atoms with Crippen molar-refractivity contribution in [3.63, 3.8) is 0 Å². The van der Waals surface area contributed by atoms with Crippen molar-refractivity contribution in [2.75, 3.05) is 26.3 Å². The molecule has 0 saturated heterocycles. The standard InChI is InChI=1S/C8H16N4O3/c1-2-11-7(14)3-9-5-12-8(15)4-10-6-13/h6,9H,2-5H2,1H3,(H,10,13)(H,11,14)(H,12,15). The third-order valence-electron chi connectivity index (χ3n) is 1.42. The molecule has 0 aromatic heterocycles. The second-order valence-corrected chi connectivity index (χ2v) is 2.66. The van der Waals surface area contributed by atoms with E-state index in [1.165, 1.54) is 0 Å². The molecule has 15 heavy (non-hydrogen) atoms. The van der Waals surface area contributed by atoms with Crippen LogP contribution in [0.1, 0.15) is 6.92 Å². The maximum absolute atomic E-state index is 10.9. The fourth-order valence-corrected chi connectivity index (χ4v) is 0.794. The van der Waals surface area contributed by atoms with Gasteiger partial charge in [0, 0.05) is 6.54 Å². The molecule has 0 aliphatic rings. The fraction of sp³-hybridized carbons (Fsp3) is 0.625. The summed E-state index contributed by atoms with van der Waals surface area (Å²) in [6.45, 7) is 2.68. The molecule has 0 aliphatic carbocycles. The predicted octanol–water partition coefficient (Wildman–Crippen LogP) is -2.47. The van der Waals surface area contributed by atoms with Crippen LogP contribution in [0.4, 0.5) is 0 Å². The van der Waals surface area contributed by atoms with Gasteiger partial charge in [0.2, 0.25) is 18.2 Å². The van der Waals surface area contributed by atoms with E-state index in [9.17, 15) is 14.4 Å². The number of carbonyl (C=O) groups is 3. The summed E-state index contributed by atoms with van der Waals surface area (Å²) in [6, 6.07) is 0. The molecule has 0 atom stereocenters. The van der Waals surface area contributed by atoms with Crippen molar-refractivity contribution in [3.05, 3.63) is 0 Å². The Bertz CT molecular complexity index is 220. The lowest BCUT2D eigenvalue weighted by Crippen LogP contribution is -2.42. The topological polar surface area (TPSA) is 99.3 Å². The molecule has 0 fully saturated rings. The maximum atomic E-state index is 10.9. The van der Waals surface area contributed by atoms with Gasteiger partial charge in [-0.1, -0.05) is 0 Å². The summed E-state index contributed by atoms with van der Waals surface area (Å²) in [5, 5.41) is 9.99. The van der Waals surface area contributed by atoms with Crippen LogP contribution in [0.3, 0.4) is 0 Å². The van der Waals surface area contributed by atoms with E-state index in [0.717, 1.165) is 0 Å². The van der Waals surface area contributed by atoms with Gasteiger partial charge in [-0.25, -0.2) is 0 Å². The molecule has 7 heteroatoms. The van der Waals surface area contributed by atoms with Gasteiger partial charge in [0.15, 0.2) is 0 Å². The molecule has 0 radical (unpaired) electrons. The van der Waals surface area contributed by atoms with Gasteiger partial charge >= 0.3 is 0 Å². The number of hydrogen-bond acceptors (Lipinski definition) is 4. The number of nitrogens with one attached hydrogen (secondary N) is 4. The summed E-state index contributed by atoms with van der Waals surface area (Å²) in [5.41, 5.74) is 0. The van der Waals surface area contributed by atoms with E-state index in [0.29, 0.717) is 13.0 Å². The number of likely N-dealkylation sites (N-methyl/N-ethyl adjacent to an activating group) is 1. The van der Waals surface area contributed by atoms with Crippen LogP contribution in [-0.4, -0.2) is 44.5 Å². The minimum atomic E-state index is -0.314. The van der Waals surface area contributed by atoms with E-state index in [-0.39, 0.29) is 31.6 Å². The first-order valence-corrected chi connectivity index (χ1v) is 4.61. The van der Waals surface area contributed by atoms with Crippen molar-refractivity contribution >= 4 is 18.2 Å². The van der Waals surface area contributed by atoms with Crippen LogP contribution < -0.4 is 21.3 Å². The minimum absolute atomic E-state index is 0.0632. The van der Waals surface area contributed by atoms with Gasteiger partial charge in [0.1, 0.15) is 0 Å². The Labute approximate surface area is 88.0 Å². The Morgan fingerprint density at radius 2 is 1.80 bits per heavy atom. The Kier molecular flexibility index (Phi) is 7.97.